The van der Waals surface area contributed by atoms with Crippen LogP contribution in [0.3, 0.4) is 0 Å². The summed E-state index contributed by atoms with van der Waals surface area (Å²) in [6.07, 6.45) is 0. The Hall–Kier alpha value is -2.94. The van der Waals surface area contributed by atoms with Crippen molar-refractivity contribution in [2.24, 2.45) is 0 Å². The second-order valence-corrected chi connectivity index (χ2v) is 5.56. The molecule has 3 heteroatoms. The highest BCUT2D eigenvalue weighted by atomic mass is 15.0. The van der Waals surface area contributed by atoms with Crippen LogP contribution in [0.25, 0.3) is 38.2 Å². The van der Waals surface area contributed by atoms with E-state index in [2.05, 4.69) is 4.98 Å². The van der Waals surface area contributed by atoms with E-state index in [1.54, 1.807) is 12.1 Å². The van der Waals surface area contributed by atoms with Crippen LogP contribution in [0.2, 0.25) is 0 Å². The van der Waals surface area contributed by atoms with Crippen molar-refractivity contribution >= 4 is 38.2 Å². The first-order valence-corrected chi connectivity index (χ1v) is 7.30. The van der Waals surface area contributed by atoms with E-state index in [1.165, 1.54) is 4.40 Å². The molecule has 3 nitrogen and oxygen atoms in total. The van der Waals surface area contributed by atoms with Gasteiger partial charge in [-0.05, 0) is 31.9 Å². The second kappa shape index (κ2) is 4.29. The van der Waals surface area contributed by atoms with Crippen LogP contribution >= 0.6 is 0 Å². The number of benzene rings is 2. The molecule has 0 aliphatic heterocycles. The number of aryl methyl sites for hydroxylation is 2. The molecule has 0 radical (unpaired) electrons. The Kier molecular flexibility index (Phi) is 1.50. The number of para-hydroxylation sites is 2. The molecule has 0 N–H and O–H groups in total. The van der Waals surface area contributed by atoms with E-state index in [0.29, 0.717) is 16.4 Å². The number of hydrogen-bond donors (Lipinski definition) is 0. The molecular weight excluding hydrogens is 282 g/mol. The summed E-state index contributed by atoms with van der Waals surface area (Å²) in [6, 6.07) is 16.7. The average Bonchev–Trinajstić information content (AvgIpc) is 3.09. The zero-order valence-corrected chi connectivity index (χ0v) is 12.0. The molecule has 110 valence electrons. The summed E-state index contributed by atoms with van der Waals surface area (Å²) >= 11 is 0. The van der Waals surface area contributed by atoms with Crippen LogP contribution < -0.4 is 0 Å². The molecular formula is C20H15N3. The number of aromatic nitrogens is 3. The highest BCUT2D eigenvalue weighted by molar-refractivity contribution is 6.14. The van der Waals surface area contributed by atoms with Gasteiger partial charge in [0.2, 0.25) is 0 Å². The van der Waals surface area contributed by atoms with Crippen molar-refractivity contribution in [2.75, 3.05) is 0 Å². The maximum Gasteiger partial charge on any atom is 0.110 e. The van der Waals surface area contributed by atoms with Gasteiger partial charge in [-0.25, -0.2) is 9.97 Å². The van der Waals surface area contributed by atoms with E-state index in [4.69, 9.17) is 13.2 Å². The zero-order chi connectivity index (χ0) is 20.6. The number of fused-ring (bicyclic) bond motifs is 7. The summed E-state index contributed by atoms with van der Waals surface area (Å²) in [5.74, 6) is -0.259. The Morgan fingerprint density at radius 2 is 1.78 bits per heavy atom. The summed E-state index contributed by atoms with van der Waals surface area (Å²) in [4.78, 5) is 8.91. The first-order valence-electron chi connectivity index (χ1n) is 10.3. The Morgan fingerprint density at radius 3 is 2.70 bits per heavy atom. The van der Waals surface area contributed by atoms with Crippen LogP contribution in [-0.2, 0) is 0 Å². The molecule has 3 aromatic heterocycles. The van der Waals surface area contributed by atoms with Crippen molar-refractivity contribution in [3.63, 3.8) is 0 Å². The molecule has 5 aromatic rings. The predicted octanol–water partition coefficient (Wildman–Crippen LogP) is 4.81. The lowest BCUT2D eigenvalue weighted by Gasteiger charge is -2.10. The normalized spacial score (nSPS) is 16.9. The van der Waals surface area contributed by atoms with Crippen molar-refractivity contribution < 1.29 is 8.22 Å². The molecule has 2 aromatic carbocycles. The molecule has 0 amide bonds. The molecule has 3 heterocycles. The van der Waals surface area contributed by atoms with Gasteiger partial charge in [0.25, 0.3) is 0 Å². The van der Waals surface area contributed by atoms with Gasteiger partial charge in [-0.15, -0.1) is 0 Å². The van der Waals surface area contributed by atoms with Crippen LogP contribution in [0.5, 0.6) is 0 Å². The number of nitrogens with zero attached hydrogens (tertiary/aromatic N) is 3. The van der Waals surface area contributed by atoms with Crippen molar-refractivity contribution in [3.05, 3.63) is 66.1 Å². The highest BCUT2D eigenvalue weighted by Gasteiger charge is 2.15. The number of hydrogen-bond acceptors (Lipinski definition) is 2. The SMILES string of the molecule is [2H]C([2H])([2H])c1nc(C([2H])([2H])[2H])n2c3ccccc3c3nc4ccccc4cc3c12. The molecule has 0 unspecified atom stereocenters. The van der Waals surface area contributed by atoms with Crippen LogP contribution in [-0.4, -0.2) is 14.4 Å². The van der Waals surface area contributed by atoms with Crippen molar-refractivity contribution in [1.82, 2.24) is 14.4 Å². The van der Waals surface area contributed by atoms with Crippen molar-refractivity contribution in [1.29, 1.82) is 0 Å². The third-order valence-electron chi connectivity index (χ3n) is 4.26. The fourth-order valence-corrected chi connectivity index (χ4v) is 3.27. The summed E-state index contributed by atoms with van der Waals surface area (Å²) in [6.45, 7) is -5.15. The smallest absolute Gasteiger partial charge is 0.110 e. The van der Waals surface area contributed by atoms with E-state index in [0.717, 1.165) is 16.3 Å². The van der Waals surface area contributed by atoms with E-state index in [1.807, 2.05) is 42.5 Å². The summed E-state index contributed by atoms with van der Waals surface area (Å²) in [5, 5.41) is 2.14. The fourth-order valence-electron chi connectivity index (χ4n) is 3.27. The molecule has 0 bridgehead atoms. The third-order valence-corrected chi connectivity index (χ3v) is 4.26. The fraction of sp³-hybridized carbons (Fsp3) is 0.100. The average molecular weight is 303 g/mol. The minimum atomic E-state index is -2.58. The molecule has 0 saturated carbocycles. The Bertz CT molecular complexity index is 1430. The molecule has 0 aliphatic rings. The van der Waals surface area contributed by atoms with Crippen LogP contribution in [0.15, 0.2) is 54.6 Å². The lowest BCUT2D eigenvalue weighted by molar-refractivity contribution is 1.07. The van der Waals surface area contributed by atoms with Crippen LogP contribution in [0, 0.1) is 13.7 Å². The Balaban J connectivity index is 2.16. The Labute approximate surface area is 141 Å². The number of pyridine rings is 2. The van der Waals surface area contributed by atoms with Gasteiger partial charge in [-0.3, -0.25) is 4.40 Å². The monoisotopic (exact) mass is 303 g/mol. The van der Waals surface area contributed by atoms with Crippen molar-refractivity contribution in [3.8, 4) is 0 Å². The summed E-state index contributed by atoms with van der Waals surface area (Å²) in [7, 11) is 0. The number of imidazole rings is 1. The second-order valence-electron chi connectivity index (χ2n) is 5.56. The van der Waals surface area contributed by atoms with Crippen LogP contribution in [0.1, 0.15) is 19.7 Å². The minimum absolute atomic E-state index is 0.226. The Morgan fingerprint density at radius 1 is 0.913 bits per heavy atom. The first-order chi connectivity index (χ1) is 13.7. The van der Waals surface area contributed by atoms with E-state index in [-0.39, 0.29) is 17.0 Å². The van der Waals surface area contributed by atoms with Crippen LogP contribution in [0.4, 0.5) is 0 Å². The highest BCUT2D eigenvalue weighted by Crippen LogP contribution is 2.32. The van der Waals surface area contributed by atoms with Gasteiger partial charge < -0.3 is 0 Å². The topological polar surface area (TPSA) is 30.2 Å². The van der Waals surface area contributed by atoms with Gasteiger partial charge >= 0.3 is 0 Å². The van der Waals surface area contributed by atoms with E-state index in [9.17, 15) is 0 Å². The van der Waals surface area contributed by atoms with Gasteiger partial charge in [0, 0.05) is 24.4 Å². The van der Waals surface area contributed by atoms with Gasteiger partial charge in [0.05, 0.1) is 27.8 Å². The lowest BCUT2D eigenvalue weighted by Crippen LogP contribution is -1.95. The van der Waals surface area contributed by atoms with Gasteiger partial charge in [-0.2, -0.15) is 0 Å². The molecule has 5 rings (SSSR count). The van der Waals surface area contributed by atoms with Gasteiger partial charge in [0.15, 0.2) is 0 Å². The molecule has 23 heavy (non-hydrogen) atoms. The maximum absolute atomic E-state index is 7.97. The standard InChI is InChI=1S/C20H15N3/c1-12-20-16-11-14-7-3-5-9-17(14)22-19(16)15-8-4-6-10-18(15)23(20)13(2)21-12/h3-11H,1-2H3/i1D3,2D3. The minimum Gasteiger partial charge on any atom is -0.296 e. The quantitative estimate of drug-likeness (QED) is 0.304. The summed E-state index contributed by atoms with van der Waals surface area (Å²) < 4.78 is 49.2. The molecule has 0 atom stereocenters. The largest absolute Gasteiger partial charge is 0.296 e. The van der Waals surface area contributed by atoms with Gasteiger partial charge in [0.1, 0.15) is 5.82 Å². The van der Waals surface area contributed by atoms with Crippen molar-refractivity contribution in [2.45, 2.75) is 13.7 Å². The molecule has 0 aliphatic carbocycles. The predicted molar refractivity (Wildman–Crippen MR) is 95.0 cm³/mol. The summed E-state index contributed by atoms with van der Waals surface area (Å²) in [5.41, 5.74) is 2.00. The van der Waals surface area contributed by atoms with E-state index >= 15 is 0 Å². The molecule has 0 fully saturated rings. The zero-order valence-electron chi connectivity index (χ0n) is 18.0. The lowest BCUT2D eigenvalue weighted by atomic mass is 10.1. The van der Waals surface area contributed by atoms with Gasteiger partial charge in [-0.1, -0.05) is 36.4 Å². The molecule has 0 saturated heterocycles. The number of rotatable bonds is 0. The first kappa shape index (κ1) is 8.06. The third kappa shape index (κ3) is 1.59. The maximum atomic E-state index is 7.97. The van der Waals surface area contributed by atoms with E-state index < -0.39 is 13.7 Å². The molecule has 0 spiro atoms.